The average Bonchev–Trinajstić information content (AvgIpc) is 2.09. The smallest absolute Gasteiger partial charge is 0.311 e. The predicted octanol–water partition coefficient (Wildman–Crippen LogP) is 0.131. The molecular formula is C9H15N3O2. The Labute approximate surface area is 83.1 Å². The summed E-state index contributed by atoms with van der Waals surface area (Å²) in [5, 5.41) is 0. The monoisotopic (exact) mass is 197 g/mol. The fraction of sp³-hybridized carbons (Fsp3) is 0.556. The third-order valence-corrected chi connectivity index (χ3v) is 2.13. The molecule has 5 nitrogen and oxygen atoms in total. The molecule has 1 unspecified atom stereocenters. The lowest BCUT2D eigenvalue weighted by molar-refractivity contribution is -0.131. The van der Waals surface area contributed by atoms with E-state index < -0.39 is 6.17 Å². The van der Waals surface area contributed by atoms with Gasteiger partial charge in [0.1, 0.15) is 0 Å². The van der Waals surface area contributed by atoms with Crippen molar-refractivity contribution in [3.63, 3.8) is 0 Å². The van der Waals surface area contributed by atoms with E-state index >= 15 is 0 Å². The Balaban J connectivity index is 2.79. The molecule has 0 aliphatic carbocycles. The molecule has 2 N–H and O–H groups in total. The summed E-state index contributed by atoms with van der Waals surface area (Å²) in [6, 6.07) is -0.350. The second-order valence-corrected chi connectivity index (χ2v) is 3.59. The van der Waals surface area contributed by atoms with Crippen LogP contribution in [-0.2, 0) is 4.79 Å². The minimum absolute atomic E-state index is 0.176. The number of hydrogen-bond acceptors (Lipinski definition) is 3. The topological polar surface area (TPSA) is 66.6 Å². The van der Waals surface area contributed by atoms with Gasteiger partial charge in [0.05, 0.1) is 12.6 Å². The molecule has 1 saturated heterocycles. The van der Waals surface area contributed by atoms with Crippen LogP contribution in [0.25, 0.3) is 0 Å². The molecular weight excluding hydrogens is 182 g/mol. The highest BCUT2D eigenvalue weighted by molar-refractivity contribution is 5.96. The molecule has 0 aromatic heterocycles. The Morgan fingerprint density at radius 1 is 1.64 bits per heavy atom. The first-order valence-electron chi connectivity index (χ1n) is 4.40. The summed E-state index contributed by atoms with van der Waals surface area (Å²) in [6.07, 6.45) is -0.349. The summed E-state index contributed by atoms with van der Waals surface area (Å²) >= 11 is 0. The van der Waals surface area contributed by atoms with Gasteiger partial charge in [0.2, 0.25) is 5.91 Å². The largest absolute Gasteiger partial charge is 0.327 e. The van der Waals surface area contributed by atoms with E-state index in [0.29, 0.717) is 6.54 Å². The molecule has 1 heterocycles. The van der Waals surface area contributed by atoms with E-state index in [4.69, 9.17) is 5.73 Å². The van der Waals surface area contributed by atoms with Gasteiger partial charge < -0.3 is 10.6 Å². The van der Waals surface area contributed by atoms with Gasteiger partial charge in [-0.3, -0.25) is 9.69 Å². The Morgan fingerprint density at radius 2 is 2.21 bits per heavy atom. The number of nitrogens with zero attached hydrogens (tertiary/aromatic N) is 2. The highest BCUT2D eigenvalue weighted by Gasteiger charge is 2.34. The van der Waals surface area contributed by atoms with Crippen molar-refractivity contribution >= 4 is 11.9 Å². The van der Waals surface area contributed by atoms with E-state index in [1.165, 1.54) is 11.9 Å². The maximum absolute atomic E-state index is 11.6. The zero-order valence-electron chi connectivity index (χ0n) is 8.49. The van der Waals surface area contributed by atoms with Crippen LogP contribution in [0.15, 0.2) is 12.2 Å². The van der Waals surface area contributed by atoms with Crippen LogP contribution in [-0.4, -0.2) is 41.5 Å². The standard InChI is InChI=1S/C9H15N3O2/c1-6(2)5-12-7(10)4-8(13)11(3)9(12)14/h7H,1,4-5,10H2,2-3H3. The highest BCUT2D eigenvalue weighted by Crippen LogP contribution is 2.13. The molecule has 1 fully saturated rings. The number of rotatable bonds is 2. The van der Waals surface area contributed by atoms with Crippen molar-refractivity contribution in [1.82, 2.24) is 9.80 Å². The van der Waals surface area contributed by atoms with Gasteiger partial charge in [-0.25, -0.2) is 4.79 Å². The van der Waals surface area contributed by atoms with Gasteiger partial charge in [0.15, 0.2) is 0 Å². The summed E-state index contributed by atoms with van der Waals surface area (Å²) in [5.41, 5.74) is 6.53. The molecule has 1 atom stereocenters. The van der Waals surface area contributed by atoms with Gasteiger partial charge in [-0.2, -0.15) is 0 Å². The SMILES string of the molecule is C=C(C)CN1C(=O)N(C)C(=O)CC1N. The van der Waals surface area contributed by atoms with Crippen molar-refractivity contribution in [2.75, 3.05) is 13.6 Å². The summed E-state index contributed by atoms with van der Waals surface area (Å²) < 4.78 is 0. The highest BCUT2D eigenvalue weighted by atomic mass is 16.2. The van der Waals surface area contributed by atoms with Crippen LogP contribution in [0.5, 0.6) is 0 Å². The molecule has 1 aliphatic rings. The van der Waals surface area contributed by atoms with Crippen molar-refractivity contribution in [1.29, 1.82) is 0 Å². The van der Waals surface area contributed by atoms with Crippen LogP contribution >= 0.6 is 0 Å². The maximum Gasteiger partial charge on any atom is 0.327 e. The first-order valence-corrected chi connectivity index (χ1v) is 4.40. The lowest BCUT2D eigenvalue weighted by Crippen LogP contribution is -2.58. The quantitative estimate of drug-likeness (QED) is 0.640. The zero-order chi connectivity index (χ0) is 10.9. The molecule has 78 valence electrons. The van der Waals surface area contributed by atoms with E-state index in [1.807, 2.05) is 6.92 Å². The number of urea groups is 1. The molecule has 14 heavy (non-hydrogen) atoms. The summed E-state index contributed by atoms with van der Waals surface area (Å²) in [6.45, 7) is 5.93. The number of hydrogen-bond donors (Lipinski definition) is 1. The molecule has 3 amide bonds. The molecule has 0 radical (unpaired) electrons. The van der Waals surface area contributed by atoms with Gasteiger partial charge in [-0.1, -0.05) is 12.2 Å². The average molecular weight is 197 g/mol. The molecule has 0 saturated carbocycles. The van der Waals surface area contributed by atoms with Gasteiger partial charge >= 0.3 is 6.03 Å². The van der Waals surface area contributed by atoms with Crippen molar-refractivity contribution in [2.24, 2.45) is 5.73 Å². The minimum Gasteiger partial charge on any atom is -0.311 e. The number of carbonyl (C=O) groups is 2. The molecule has 1 aliphatic heterocycles. The molecule has 5 heteroatoms. The summed E-state index contributed by atoms with van der Waals surface area (Å²) in [5.74, 6) is -0.236. The van der Waals surface area contributed by atoms with Crippen LogP contribution in [0, 0.1) is 0 Å². The Hall–Kier alpha value is -1.36. The van der Waals surface area contributed by atoms with Crippen LogP contribution in [0.3, 0.4) is 0 Å². The number of nitrogens with two attached hydrogens (primary N) is 1. The molecule has 1 rings (SSSR count). The number of carbonyl (C=O) groups excluding carboxylic acids is 2. The Morgan fingerprint density at radius 3 is 2.71 bits per heavy atom. The molecule has 0 aromatic rings. The fourth-order valence-corrected chi connectivity index (χ4v) is 1.34. The van der Waals surface area contributed by atoms with Crippen molar-refractivity contribution in [2.45, 2.75) is 19.5 Å². The second-order valence-electron chi connectivity index (χ2n) is 3.59. The first kappa shape index (κ1) is 10.7. The van der Waals surface area contributed by atoms with Gasteiger partial charge in [0, 0.05) is 13.6 Å². The lowest BCUT2D eigenvalue weighted by atomic mass is 10.2. The van der Waals surface area contributed by atoms with E-state index in [0.717, 1.165) is 10.5 Å². The van der Waals surface area contributed by atoms with E-state index in [2.05, 4.69) is 6.58 Å². The van der Waals surface area contributed by atoms with Crippen LogP contribution < -0.4 is 5.73 Å². The molecule has 0 aromatic carbocycles. The number of imide groups is 1. The minimum atomic E-state index is -0.525. The molecule has 0 spiro atoms. The normalized spacial score (nSPS) is 22.9. The first-order chi connectivity index (χ1) is 6.43. The van der Waals surface area contributed by atoms with Crippen molar-refractivity contribution in [3.05, 3.63) is 12.2 Å². The second kappa shape index (κ2) is 3.79. The third kappa shape index (κ3) is 1.93. The van der Waals surface area contributed by atoms with E-state index in [1.54, 1.807) is 0 Å². The zero-order valence-corrected chi connectivity index (χ0v) is 8.49. The van der Waals surface area contributed by atoms with E-state index in [9.17, 15) is 9.59 Å². The predicted molar refractivity (Wildman–Crippen MR) is 52.3 cm³/mol. The van der Waals surface area contributed by atoms with Gasteiger partial charge in [-0.15, -0.1) is 0 Å². The van der Waals surface area contributed by atoms with Crippen molar-refractivity contribution < 1.29 is 9.59 Å². The molecule has 0 bridgehead atoms. The van der Waals surface area contributed by atoms with Gasteiger partial charge in [0.25, 0.3) is 0 Å². The summed E-state index contributed by atoms with van der Waals surface area (Å²) in [4.78, 5) is 25.4. The lowest BCUT2D eigenvalue weighted by Gasteiger charge is -2.36. The van der Waals surface area contributed by atoms with Crippen molar-refractivity contribution in [3.8, 4) is 0 Å². The maximum atomic E-state index is 11.6. The van der Waals surface area contributed by atoms with Gasteiger partial charge in [-0.05, 0) is 6.92 Å². The Bertz CT molecular complexity index is 288. The van der Waals surface area contributed by atoms with Crippen LogP contribution in [0.2, 0.25) is 0 Å². The van der Waals surface area contributed by atoms with Crippen LogP contribution in [0.1, 0.15) is 13.3 Å². The number of amides is 3. The van der Waals surface area contributed by atoms with Crippen LogP contribution in [0.4, 0.5) is 4.79 Å². The summed E-state index contributed by atoms with van der Waals surface area (Å²) in [7, 11) is 1.46. The Kier molecular flexibility index (Phi) is 2.90. The fourth-order valence-electron chi connectivity index (χ4n) is 1.34. The third-order valence-electron chi connectivity index (χ3n) is 2.13. The van der Waals surface area contributed by atoms with E-state index in [-0.39, 0.29) is 18.4 Å².